The summed E-state index contributed by atoms with van der Waals surface area (Å²) in [5.74, 6) is -0.406. The minimum Gasteiger partial charge on any atom is -0.307 e. The highest BCUT2D eigenvalue weighted by Gasteiger charge is 2.04. The summed E-state index contributed by atoms with van der Waals surface area (Å²) in [6, 6.07) is 2.39. The van der Waals surface area contributed by atoms with Crippen LogP contribution in [0.2, 0.25) is 0 Å². The van der Waals surface area contributed by atoms with E-state index in [0.717, 1.165) is 10.6 Å². The molecule has 3 nitrogen and oxygen atoms in total. The molecular weight excluding hydrogens is 215 g/mol. The molecule has 0 N–H and O–H groups in total. The SMILES string of the molecule is Cc1ncsc1Cn1cc(F)ccc1=O. The molecule has 0 aliphatic carbocycles. The number of aromatic nitrogens is 2. The normalized spacial score (nSPS) is 10.5. The lowest BCUT2D eigenvalue weighted by Gasteiger charge is -2.03. The molecule has 0 saturated carbocycles. The van der Waals surface area contributed by atoms with Crippen LogP contribution in [0.4, 0.5) is 4.39 Å². The van der Waals surface area contributed by atoms with Gasteiger partial charge in [0, 0.05) is 17.1 Å². The first-order valence-electron chi connectivity index (χ1n) is 4.42. The van der Waals surface area contributed by atoms with Gasteiger partial charge in [-0.3, -0.25) is 4.79 Å². The molecule has 0 aliphatic rings. The molecule has 5 heteroatoms. The van der Waals surface area contributed by atoms with Crippen LogP contribution in [0.1, 0.15) is 10.6 Å². The Labute approximate surface area is 89.8 Å². The molecule has 0 fully saturated rings. The van der Waals surface area contributed by atoms with Crippen LogP contribution >= 0.6 is 11.3 Å². The smallest absolute Gasteiger partial charge is 0.251 e. The number of aryl methyl sites for hydroxylation is 1. The van der Waals surface area contributed by atoms with E-state index >= 15 is 0 Å². The Bertz CT molecular complexity index is 532. The molecule has 0 aliphatic heterocycles. The summed E-state index contributed by atoms with van der Waals surface area (Å²) in [5.41, 5.74) is 2.40. The number of halogens is 1. The Hall–Kier alpha value is -1.49. The molecule has 0 aromatic carbocycles. The Morgan fingerprint density at radius 3 is 3.00 bits per heavy atom. The van der Waals surface area contributed by atoms with Crippen LogP contribution in [-0.2, 0) is 6.54 Å². The quantitative estimate of drug-likeness (QED) is 0.779. The Balaban J connectivity index is 2.36. The summed E-state index contributed by atoms with van der Waals surface area (Å²) in [5, 5.41) is 0. The van der Waals surface area contributed by atoms with Gasteiger partial charge in [-0.15, -0.1) is 11.3 Å². The highest BCUT2D eigenvalue weighted by Crippen LogP contribution is 2.12. The van der Waals surface area contributed by atoms with Gasteiger partial charge in [-0.1, -0.05) is 0 Å². The van der Waals surface area contributed by atoms with Gasteiger partial charge in [0.15, 0.2) is 0 Å². The Morgan fingerprint density at radius 2 is 2.33 bits per heavy atom. The van der Waals surface area contributed by atoms with Crippen molar-refractivity contribution in [3.8, 4) is 0 Å². The lowest BCUT2D eigenvalue weighted by Crippen LogP contribution is -2.19. The van der Waals surface area contributed by atoms with Gasteiger partial charge in [0.1, 0.15) is 5.82 Å². The lowest BCUT2D eigenvalue weighted by molar-refractivity contribution is 0.596. The van der Waals surface area contributed by atoms with Crippen molar-refractivity contribution in [3.63, 3.8) is 0 Å². The number of pyridine rings is 1. The molecule has 0 amide bonds. The fourth-order valence-corrected chi connectivity index (χ4v) is 2.03. The fraction of sp³-hybridized carbons (Fsp3) is 0.200. The van der Waals surface area contributed by atoms with E-state index in [-0.39, 0.29) is 5.56 Å². The van der Waals surface area contributed by atoms with Crippen LogP contribution in [0.3, 0.4) is 0 Å². The van der Waals surface area contributed by atoms with Crippen LogP contribution in [0, 0.1) is 12.7 Å². The molecule has 2 heterocycles. The predicted octanol–water partition coefficient (Wildman–Crippen LogP) is 1.80. The van der Waals surface area contributed by atoms with Crippen LogP contribution in [-0.4, -0.2) is 9.55 Å². The summed E-state index contributed by atoms with van der Waals surface area (Å²) >= 11 is 1.47. The average Bonchev–Trinajstić information content (AvgIpc) is 2.58. The summed E-state index contributed by atoms with van der Waals surface area (Å²) in [6.45, 7) is 2.25. The molecule has 0 bridgehead atoms. The van der Waals surface area contributed by atoms with Crippen molar-refractivity contribution in [1.29, 1.82) is 0 Å². The zero-order chi connectivity index (χ0) is 10.8. The van der Waals surface area contributed by atoms with Gasteiger partial charge >= 0.3 is 0 Å². The molecule has 2 aromatic rings. The molecule has 0 radical (unpaired) electrons. The number of hydrogen-bond acceptors (Lipinski definition) is 3. The van der Waals surface area contributed by atoms with E-state index in [9.17, 15) is 9.18 Å². The van der Waals surface area contributed by atoms with Gasteiger partial charge in [-0.25, -0.2) is 9.37 Å². The minimum absolute atomic E-state index is 0.204. The fourth-order valence-electron chi connectivity index (χ4n) is 1.26. The highest BCUT2D eigenvalue weighted by atomic mass is 32.1. The molecule has 0 saturated heterocycles. The van der Waals surface area contributed by atoms with Gasteiger partial charge in [0.25, 0.3) is 5.56 Å². The van der Waals surface area contributed by atoms with Crippen molar-refractivity contribution in [2.75, 3.05) is 0 Å². The zero-order valence-electron chi connectivity index (χ0n) is 8.11. The largest absolute Gasteiger partial charge is 0.307 e. The van der Waals surface area contributed by atoms with E-state index < -0.39 is 5.82 Å². The predicted molar refractivity (Wildman–Crippen MR) is 56.6 cm³/mol. The second kappa shape index (κ2) is 3.94. The van der Waals surface area contributed by atoms with Crippen molar-refractivity contribution in [2.45, 2.75) is 13.5 Å². The van der Waals surface area contributed by atoms with Crippen LogP contribution < -0.4 is 5.56 Å². The molecule has 0 spiro atoms. The number of thiazole rings is 1. The summed E-state index contributed by atoms with van der Waals surface area (Å²) in [6.07, 6.45) is 1.21. The van der Waals surface area contributed by atoms with E-state index in [1.807, 2.05) is 6.92 Å². The first-order valence-corrected chi connectivity index (χ1v) is 5.30. The molecule has 15 heavy (non-hydrogen) atoms. The van der Waals surface area contributed by atoms with E-state index in [2.05, 4.69) is 4.98 Å². The highest BCUT2D eigenvalue weighted by molar-refractivity contribution is 7.09. The third-order valence-corrected chi connectivity index (χ3v) is 3.03. The van der Waals surface area contributed by atoms with E-state index in [1.54, 1.807) is 5.51 Å². The summed E-state index contributed by atoms with van der Waals surface area (Å²) in [4.78, 5) is 16.4. The first kappa shape index (κ1) is 10.0. The summed E-state index contributed by atoms with van der Waals surface area (Å²) < 4.78 is 14.2. The van der Waals surface area contributed by atoms with Crippen LogP contribution in [0.25, 0.3) is 0 Å². The number of hydrogen-bond donors (Lipinski definition) is 0. The molecule has 0 atom stereocenters. The van der Waals surface area contributed by atoms with Crippen molar-refractivity contribution in [2.24, 2.45) is 0 Å². The standard InChI is InChI=1S/C10H9FN2OS/c1-7-9(15-6-12-7)5-13-4-8(11)2-3-10(13)14/h2-4,6H,5H2,1H3. The molecule has 2 aromatic heterocycles. The second-order valence-corrected chi connectivity index (χ2v) is 4.11. The average molecular weight is 224 g/mol. The molecule has 2 rings (SSSR count). The van der Waals surface area contributed by atoms with Crippen molar-refractivity contribution >= 4 is 11.3 Å². The van der Waals surface area contributed by atoms with E-state index in [0.29, 0.717) is 6.54 Å². The van der Waals surface area contributed by atoms with Gasteiger partial charge in [0.2, 0.25) is 0 Å². The second-order valence-electron chi connectivity index (χ2n) is 3.17. The van der Waals surface area contributed by atoms with Gasteiger partial charge in [-0.2, -0.15) is 0 Å². The number of rotatable bonds is 2. The van der Waals surface area contributed by atoms with Gasteiger partial charge in [-0.05, 0) is 13.0 Å². The lowest BCUT2D eigenvalue weighted by atomic mass is 10.3. The van der Waals surface area contributed by atoms with Gasteiger partial charge < -0.3 is 4.57 Å². The third-order valence-electron chi connectivity index (χ3n) is 2.11. The zero-order valence-corrected chi connectivity index (χ0v) is 8.92. The van der Waals surface area contributed by atoms with Crippen molar-refractivity contribution < 1.29 is 4.39 Å². The topological polar surface area (TPSA) is 34.9 Å². The van der Waals surface area contributed by atoms with Crippen LogP contribution in [0.5, 0.6) is 0 Å². The minimum atomic E-state index is -0.406. The van der Waals surface area contributed by atoms with Gasteiger partial charge in [0.05, 0.1) is 17.7 Å². The van der Waals surface area contributed by atoms with Crippen molar-refractivity contribution in [1.82, 2.24) is 9.55 Å². The van der Waals surface area contributed by atoms with E-state index in [1.165, 1.54) is 34.2 Å². The maximum atomic E-state index is 12.9. The maximum absolute atomic E-state index is 12.9. The molecular formula is C10H9FN2OS. The third kappa shape index (κ3) is 2.12. The monoisotopic (exact) mass is 224 g/mol. The molecule has 0 unspecified atom stereocenters. The number of nitrogens with zero attached hydrogens (tertiary/aromatic N) is 2. The molecule has 78 valence electrons. The summed E-state index contributed by atoms with van der Waals surface area (Å²) in [7, 11) is 0. The Kier molecular flexibility index (Phi) is 2.64. The van der Waals surface area contributed by atoms with Crippen LogP contribution in [0.15, 0.2) is 28.6 Å². The van der Waals surface area contributed by atoms with E-state index in [4.69, 9.17) is 0 Å². The Morgan fingerprint density at radius 1 is 1.53 bits per heavy atom. The maximum Gasteiger partial charge on any atom is 0.251 e. The van der Waals surface area contributed by atoms with Crippen molar-refractivity contribution in [3.05, 3.63) is 50.6 Å². The first-order chi connectivity index (χ1) is 7.16.